The average molecular weight is 385 g/mol. The number of ether oxygens (including phenoxy) is 2. The Labute approximate surface area is 162 Å². The van der Waals surface area contributed by atoms with Crippen LogP contribution < -0.4 is 10.4 Å². The van der Waals surface area contributed by atoms with E-state index in [2.05, 4.69) is 69.3 Å². The molecule has 2 fully saturated rings. The van der Waals surface area contributed by atoms with E-state index in [9.17, 15) is 5.11 Å². The van der Waals surface area contributed by atoms with Crippen LogP contribution in [0.5, 0.6) is 0 Å². The van der Waals surface area contributed by atoms with Crippen molar-refractivity contribution in [3.63, 3.8) is 0 Å². The van der Waals surface area contributed by atoms with Crippen molar-refractivity contribution in [1.82, 2.24) is 0 Å². The molecule has 2 heterocycles. The van der Waals surface area contributed by atoms with E-state index in [-0.39, 0.29) is 23.4 Å². The SMILES string of the molecule is CC(C)(C)[Si](O[C@@H]1CO[C@H]2[C@@H]1OC[C@H]2O)(c1ccccc1)c1ccccc1. The predicted molar refractivity (Wildman–Crippen MR) is 108 cm³/mol. The Morgan fingerprint density at radius 3 is 1.89 bits per heavy atom. The molecule has 27 heavy (non-hydrogen) atoms. The van der Waals surface area contributed by atoms with Gasteiger partial charge in [0.05, 0.1) is 19.3 Å². The van der Waals surface area contributed by atoms with Crippen LogP contribution in [0.3, 0.4) is 0 Å². The van der Waals surface area contributed by atoms with Crippen LogP contribution in [-0.4, -0.2) is 51.1 Å². The van der Waals surface area contributed by atoms with Crippen molar-refractivity contribution < 1.29 is 19.0 Å². The Balaban J connectivity index is 1.81. The zero-order valence-electron chi connectivity index (χ0n) is 16.2. The van der Waals surface area contributed by atoms with Gasteiger partial charge >= 0.3 is 0 Å². The monoisotopic (exact) mass is 384 g/mol. The van der Waals surface area contributed by atoms with E-state index in [0.717, 1.165) is 0 Å². The van der Waals surface area contributed by atoms with Crippen LogP contribution in [0.4, 0.5) is 0 Å². The van der Waals surface area contributed by atoms with Crippen molar-refractivity contribution in [3.05, 3.63) is 60.7 Å². The molecule has 0 unspecified atom stereocenters. The first-order valence-corrected chi connectivity index (χ1v) is 11.5. The lowest BCUT2D eigenvalue weighted by Gasteiger charge is -2.45. The fourth-order valence-electron chi connectivity index (χ4n) is 4.46. The molecule has 2 aliphatic heterocycles. The normalized spacial score (nSPS) is 28.3. The van der Waals surface area contributed by atoms with Gasteiger partial charge in [0.25, 0.3) is 8.32 Å². The van der Waals surface area contributed by atoms with E-state index in [1.807, 2.05) is 12.1 Å². The van der Waals surface area contributed by atoms with Gasteiger partial charge in [-0.15, -0.1) is 0 Å². The standard InChI is InChI=1S/C22H28O4Si/c1-22(2,3)27(16-10-6-4-7-11-16,17-12-8-5-9-13-17)26-19-15-25-20-18(23)14-24-21(19)20/h4-13,18-21,23H,14-15H2,1-3H3/t18-,19-,20-,21-/m1/s1. The molecule has 2 saturated heterocycles. The molecule has 2 aromatic rings. The second kappa shape index (κ2) is 7.15. The molecule has 0 spiro atoms. The Morgan fingerprint density at radius 1 is 0.852 bits per heavy atom. The maximum absolute atomic E-state index is 10.1. The number of rotatable bonds is 4. The summed E-state index contributed by atoms with van der Waals surface area (Å²) in [5.74, 6) is 0. The molecule has 0 radical (unpaired) electrons. The first-order chi connectivity index (χ1) is 12.9. The summed E-state index contributed by atoms with van der Waals surface area (Å²) in [6, 6.07) is 21.1. The largest absolute Gasteiger partial charge is 0.399 e. The van der Waals surface area contributed by atoms with Gasteiger partial charge in [0.15, 0.2) is 0 Å². The van der Waals surface area contributed by atoms with Gasteiger partial charge in [-0.3, -0.25) is 0 Å². The second-order valence-electron chi connectivity index (χ2n) is 8.48. The average Bonchev–Trinajstić information content (AvgIpc) is 3.23. The van der Waals surface area contributed by atoms with E-state index in [1.54, 1.807) is 0 Å². The van der Waals surface area contributed by atoms with Crippen molar-refractivity contribution in [3.8, 4) is 0 Å². The number of benzene rings is 2. The summed E-state index contributed by atoms with van der Waals surface area (Å²) in [5, 5.41) is 12.5. The number of hydrogen-bond acceptors (Lipinski definition) is 4. The highest BCUT2D eigenvalue weighted by molar-refractivity contribution is 6.99. The number of aliphatic hydroxyl groups is 1. The molecular formula is C22H28O4Si. The number of fused-ring (bicyclic) bond motifs is 1. The van der Waals surface area contributed by atoms with E-state index >= 15 is 0 Å². The van der Waals surface area contributed by atoms with Crippen molar-refractivity contribution >= 4 is 18.7 Å². The molecule has 0 aliphatic carbocycles. The molecule has 4 rings (SSSR count). The summed E-state index contributed by atoms with van der Waals surface area (Å²) >= 11 is 0. The number of hydrogen-bond donors (Lipinski definition) is 1. The van der Waals surface area contributed by atoms with E-state index in [1.165, 1.54) is 10.4 Å². The van der Waals surface area contributed by atoms with Crippen LogP contribution in [0.1, 0.15) is 20.8 Å². The van der Waals surface area contributed by atoms with Crippen molar-refractivity contribution in [2.24, 2.45) is 0 Å². The fourth-order valence-corrected chi connectivity index (χ4v) is 9.13. The maximum atomic E-state index is 10.1. The van der Waals surface area contributed by atoms with Gasteiger partial charge in [-0.25, -0.2) is 0 Å². The summed E-state index contributed by atoms with van der Waals surface area (Å²) in [7, 11) is -2.64. The fraction of sp³-hybridized carbons (Fsp3) is 0.455. The molecule has 4 nitrogen and oxygen atoms in total. The lowest BCUT2D eigenvalue weighted by Crippen LogP contribution is -2.68. The molecule has 0 aromatic heterocycles. The maximum Gasteiger partial charge on any atom is 0.261 e. The Hall–Kier alpha value is -1.50. The molecule has 5 heteroatoms. The summed E-state index contributed by atoms with van der Waals surface area (Å²) in [5.41, 5.74) is 0. The summed E-state index contributed by atoms with van der Waals surface area (Å²) in [6.45, 7) is 7.55. The van der Waals surface area contributed by atoms with Gasteiger partial charge in [-0.05, 0) is 15.4 Å². The van der Waals surface area contributed by atoms with Gasteiger partial charge in [-0.1, -0.05) is 81.4 Å². The van der Waals surface area contributed by atoms with Crippen LogP contribution in [0, 0.1) is 0 Å². The minimum absolute atomic E-state index is 0.0922. The van der Waals surface area contributed by atoms with Gasteiger partial charge < -0.3 is 19.0 Å². The van der Waals surface area contributed by atoms with Gasteiger partial charge in [0, 0.05) is 0 Å². The molecule has 2 aromatic carbocycles. The van der Waals surface area contributed by atoms with Gasteiger partial charge in [0.2, 0.25) is 0 Å². The highest BCUT2D eigenvalue weighted by Gasteiger charge is 2.56. The minimum Gasteiger partial charge on any atom is -0.399 e. The lowest BCUT2D eigenvalue weighted by atomic mass is 10.1. The summed E-state index contributed by atoms with van der Waals surface area (Å²) in [4.78, 5) is 0. The third kappa shape index (κ3) is 3.17. The Kier molecular flexibility index (Phi) is 4.99. The van der Waals surface area contributed by atoms with Crippen LogP contribution in [0.2, 0.25) is 5.04 Å². The van der Waals surface area contributed by atoms with Crippen molar-refractivity contribution in [2.45, 2.75) is 50.2 Å². The number of aliphatic hydroxyl groups excluding tert-OH is 1. The van der Waals surface area contributed by atoms with E-state index in [4.69, 9.17) is 13.9 Å². The topological polar surface area (TPSA) is 47.9 Å². The summed E-state index contributed by atoms with van der Waals surface area (Å²) in [6.07, 6.45) is -1.24. The third-order valence-electron chi connectivity index (χ3n) is 5.73. The first-order valence-electron chi connectivity index (χ1n) is 9.63. The van der Waals surface area contributed by atoms with Crippen molar-refractivity contribution in [1.29, 1.82) is 0 Å². The summed E-state index contributed by atoms with van der Waals surface area (Å²) < 4.78 is 18.8. The Bertz CT molecular complexity index is 719. The zero-order chi connectivity index (χ0) is 19.1. The van der Waals surface area contributed by atoms with Crippen LogP contribution in [0.15, 0.2) is 60.7 Å². The Morgan fingerprint density at radius 2 is 1.37 bits per heavy atom. The highest BCUT2D eigenvalue weighted by atomic mass is 28.4. The smallest absolute Gasteiger partial charge is 0.261 e. The predicted octanol–water partition coefficient (Wildman–Crippen LogP) is 2.09. The van der Waals surface area contributed by atoms with Crippen LogP contribution in [-0.2, 0) is 13.9 Å². The third-order valence-corrected chi connectivity index (χ3v) is 10.8. The second-order valence-corrected chi connectivity index (χ2v) is 12.7. The van der Waals surface area contributed by atoms with Crippen LogP contribution >= 0.6 is 0 Å². The lowest BCUT2D eigenvalue weighted by molar-refractivity contribution is 0.00654. The van der Waals surface area contributed by atoms with Crippen LogP contribution in [0.25, 0.3) is 0 Å². The molecule has 0 bridgehead atoms. The molecule has 0 saturated carbocycles. The quantitative estimate of drug-likeness (QED) is 0.820. The van der Waals surface area contributed by atoms with E-state index in [0.29, 0.717) is 13.2 Å². The van der Waals surface area contributed by atoms with Gasteiger partial charge in [0.1, 0.15) is 18.3 Å². The van der Waals surface area contributed by atoms with Gasteiger partial charge in [-0.2, -0.15) is 0 Å². The first kappa shape index (κ1) is 18.8. The molecular weight excluding hydrogens is 356 g/mol. The molecule has 144 valence electrons. The molecule has 4 atom stereocenters. The minimum atomic E-state index is -2.64. The van der Waals surface area contributed by atoms with Crippen molar-refractivity contribution in [2.75, 3.05) is 13.2 Å². The zero-order valence-corrected chi connectivity index (χ0v) is 17.2. The molecule has 1 N–H and O–H groups in total. The van der Waals surface area contributed by atoms with E-state index < -0.39 is 14.4 Å². The molecule has 2 aliphatic rings. The highest BCUT2D eigenvalue weighted by Crippen LogP contribution is 2.40. The molecule has 0 amide bonds.